The van der Waals surface area contributed by atoms with Crippen LogP contribution in [-0.4, -0.2) is 16.2 Å². The summed E-state index contributed by atoms with van der Waals surface area (Å²) in [6.45, 7) is 1.39. The van der Waals surface area contributed by atoms with Crippen LogP contribution in [-0.2, 0) is 16.9 Å². The molecule has 88 valence electrons. The number of benzene rings is 1. The maximum absolute atomic E-state index is 6.20. The molecule has 1 aliphatic rings. The second-order valence-electron chi connectivity index (χ2n) is 4.14. The van der Waals surface area contributed by atoms with Crippen molar-refractivity contribution in [2.75, 3.05) is 6.61 Å². The fourth-order valence-electron chi connectivity index (χ4n) is 1.95. The first-order valence-corrected chi connectivity index (χ1v) is 6.00. The lowest BCUT2D eigenvalue weighted by Gasteiger charge is -2.14. The minimum Gasteiger partial charge on any atom is -0.362 e. The molecular formula is C12H10Cl2N2O. The highest BCUT2D eigenvalue weighted by Crippen LogP contribution is 2.44. The second-order valence-corrected chi connectivity index (χ2v) is 4.99. The minimum atomic E-state index is -0.317. The van der Waals surface area contributed by atoms with Crippen LogP contribution in [0.1, 0.15) is 5.56 Å². The number of hydrogen-bond donors (Lipinski definition) is 0. The van der Waals surface area contributed by atoms with Crippen molar-refractivity contribution < 1.29 is 4.74 Å². The Balaban J connectivity index is 1.92. The molecule has 0 saturated carbocycles. The molecule has 1 atom stereocenters. The van der Waals surface area contributed by atoms with E-state index in [1.807, 2.05) is 22.9 Å². The number of nitrogens with zero attached hydrogens (tertiary/aromatic N) is 2. The molecule has 17 heavy (non-hydrogen) atoms. The van der Waals surface area contributed by atoms with Gasteiger partial charge in [-0.15, -0.1) is 0 Å². The normalized spacial score (nSPS) is 22.7. The Morgan fingerprint density at radius 2 is 2.24 bits per heavy atom. The van der Waals surface area contributed by atoms with Crippen molar-refractivity contribution in [2.45, 2.75) is 12.1 Å². The monoisotopic (exact) mass is 268 g/mol. The maximum atomic E-state index is 6.20. The fourth-order valence-corrected chi connectivity index (χ4v) is 2.53. The van der Waals surface area contributed by atoms with E-state index in [0.717, 1.165) is 5.56 Å². The summed E-state index contributed by atoms with van der Waals surface area (Å²) >= 11 is 12.1. The van der Waals surface area contributed by atoms with Crippen LogP contribution in [0.4, 0.5) is 0 Å². The Morgan fingerprint density at radius 3 is 2.82 bits per heavy atom. The van der Waals surface area contributed by atoms with Crippen molar-refractivity contribution in [1.82, 2.24) is 9.55 Å². The average molecular weight is 269 g/mol. The molecule has 2 aromatic rings. The molecule has 0 spiro atoms. The first kappa shape index (κ1) is 11.1. The van der Waals surface area contributed by atoms with Crippen molar-refractivity contribution in [3.05, 3.63) is 52.5 Å². The third-order valence-electron chi connectivity index (χ3n) is 2.91. The van der Waals surface area contributed by atoms with Gasteiger partial charge in [0.25, 0.3) is 0 Å². The Morgan fingerprint density at radius 1 is 1.41 bits per heavy atom. The molecule has 0 bridgehead atoms. The van der Waals surface area contributed by atoms with E-state index in [1.54, 1.807) is 18.6 Å². The van der Waals surface area contributed by atoms with Gasteiger partial charge in [0, 0.05) is 28.0 Å². The summed E-state index contributed by atoms with van der Waals surface area (Å²) in [7, 11) is 0. The van der Waals surface area contributed by atoms with Crippen LogP contribution in [0.25, 0.3) is 0 Å². The highest BCUT2D eigenvalue weighted by molar-refractivity contribution is 6.35. The lowest BCUT2D eigenvalue weighted by Crippen LogP contribution is -2.17. The van der Waals surface area contributed by atoms with E-state index in [1.165, 1.54) is 0 Å². The lowest BCUT2D eigenvalue weighted by molar-refractivity contribution is 0.277. The molecule has 1 saturated heterocycles. The largest absolute Gasteiger partial charge is 0.362 e. The number of rotatable bonds is 3. The van der Waals surface area contributed by atoms with Gasteiger partial charge in [-0.2, -0.15) is 0 Å². The molecule has 0 N–H and O–H groups in total. The maximum Gasteiger partial charge on any atom is 0.136 e. The smallest absolute Gasteiger partial charge is 0.136 e. The van der Waals surface area contributed by atoms with Crippen molar-refractivity contribution in [2.24, 2.45) is 0 Å². The Labute approximate surface area is 109 Å². The number of aromatic nitrogens is 2. The van der Waals surface area contributed by atoms with Gasteiger partial charge >= 0.3 is 0 Å². The molecule has 0 aliphatic carbocycles. The van der Waals surface area contributed by atoms with Crippen LogP contribution in [0.2, 0.25) is 10.0 Å². The van der Waals surface area contributed by atoms with Gasteiger partial charge in [-0.25, -0.2) is 4.98 Å². The van der Waals surface area contributed by atoms with Gasteiger partial charge in [0.05, 0.1) is 19.5 Å². The molecule has 2 heterocycles. The Bertz CT molecular complexity index is 535. The summed E-state index contributed by atoms with van der Waals surface area (Å²) in [6.07, 6.45) is 5.43. The molecule has 0 radical (unpaired) electrons. The van der Waals surface area contributed by atoms with Crippen LogP contribution < -0.4 is 0 Å². The molecule has 1 fully saturated rings. The fraction of sp³-hybridized carbons (Fsp3) is 0.250. The zero-order valence-electron chi connectivity index (χ0n) is 8.94. The van der Waals surface area contributed by atoms with E-state index < -0.39 is 0 Å². The van der Waals surface area contributed by atoms with Gasteiger partial charge in [0.2, 0.25) is 0 Å². The van der Waals surface area contributed by atoms with Crippen LogP contribution in [0.5, 0.6) is 0 Å². The van der Waals surface area contributed by atoms with Gasteiger partial charge in [-0.3, -0.25) is 0 Å². The summed E-state index contributed by atoms with van der Waals surface area (Å²) in [6, 6.07) is 5.50. The molecule has 1 aromatic carbocycles. The van der Waals surface area contributed by atoms with Gasteiger partial charge in [0.1, 0.15) is 5.60 Å². The number of ether oxygens (including phenoxy) is 1. The lowest BCUT2D eigenvalue weighted by atomic mass is 10.00. The average Bonchev–Trinajstić information content (AvgIpc) is 2.86. The van der Waals surface area contributed by atoms with Gasteiger partial charge in [-0.1, -0.05) is 29.3 Å². The number of imidazole rings is 1. The number of epoxide rings is 1. The predicted molar refractivity (Wildman–Crippen MR) is 66.3 cm³/mol. The topological polar surface area (TPSA) is 30.4 Å². The van der Waals surface area contributed by atoms with E-state index in [9.17, 15) is 0 Å². The standard InChI is InChI=1S/C12H10Cl2N2O/c13-9-1-2-10(11(14)5-9)12(7-17-12)6-16-4-3-15-8-16/h1-5,8H,6-7H2. The third kappa shape index (κ3) is 2.06. The summed E-state index contributed by atoms with van der Waals surface area (Å²) in [5.41, 5.74) is 0.666. The predicted octanol–water partition coefficient (Wildman–Crippen LogP) is 3.12. The summed E-state index contributed by atoms with van der Waals surface area (Å²) in [5.74, 6) is 0. The van der Waals surface area contributed by atoms with Crippen molar-refractivity contribution in [3.63, 3.8) is 0 Å². The molecule has 5 heteroatoms. The molecule has 1 aliphatic heterocycles. The van der Waals surface area contributed by atoms with Gasteiger partial charge in [-0.05, 0) is 12.1 Å². The van der Waals surface area contributed by atoms with Gasteiger partial charge < -0.3 is 9.30 Å². The van der Waals surface area contributed by atoms with E-state index in [0.29, 0.717) is 23.2 Å². The SMILES string of the molecule is Clc1ccc(C2(Cn3ccnc3)CO2)c(Cl)c1. The van der Waals surface area contributed by atoms with Crippen LogP contribution in [0, 0.1) is 0 Å². The van der Waals surface area contributed by atoms with E-state index in [2.05, 4.69) is 4.98 Å². The van der Waals surface area contributed by atoms with E-state index in [4.69, 9.17) is 27.9 Å². The Kier molecular flexibility index (Phi) is 2.62. The number of halogens is 2. The Hall–Kier alpha value is -1.03. The minimum absolute atomic E-state index is 0.317. The molecule has 1 aromatic heterocycles. The zero-order valence-corrected chi connectivity index (χ0v) is 10.4. The summed E-state index contributed by atoms with van der Waals surface area (Å²) in [4.78, 5) is 4.02. The van der Waals surface area contributed by atoms with Crippen molar-refractivity contribution in [3.8, 4) is 0 Å². The van der Waals surface area contributed by atoms with E-state index >= 15 is 0 Å². The summed E-state index contributed by atoms with van der Waals surface area (Å²) in [5, 5.41) is 1.28. The highest BCUT2D eigenvalue weighted by atomic mass is 35.5. The second kappa shape index (κ2) is 4.02. The third-order valence-corrected chi connectivity index (χ3v) is 3.46. The quantitative estimate of drug-likeness (QED) is 0.801. The molecule has 3 rings (SSSR count). The van der Waals surface area contributed by atoms with E-state index in [-0.39, 0.29) is 5.60 Å². The van der Waals surface area contributed by atoms with Crippen LogP contribution in [0.15, 0.2) is 36.9 Å². The highest BCUT2D eigenvalue weighted by Gasteiger charge is 2.48. The molecule has 3 nitrogen and oxygen atoms in total. The summed E-state index contributed by atoms with van der Waals surface area (Å²) < 4.78 is 7.58. The first-order valence-electron chi connectivity index (χ1n) is 5.25. The molecule has 0 amide bonds. The first-order chi connectivity index (χ1) is 8.20. The van der Waals surface area contributed by atoms with Crippen molar-refractivity contribution in [1.29, 1.82) is 0 Å². The molecular weight excluding hydrogens is 259 g/mol. The van der Waals surface area contributed by atoms with Crippen LogP contribution >= 0.6 is 23.2 Å². The van der Waals surface area contributed by atoms with Crippen molar-refractivity contribution >= 4 is 23.2 Å². The zero-order chi connectivity index (χ0) is 11.9. The van der Waals surface area contributed by atoms with Gasteiger partial charge in [0.15, 0.2) is 0 Å². The number of hydrogen-bond acceptors (Lipinski definition) is 2. The van der Waals surface area contributed by atoms with Crippen LogP contribution in [0.3, 0.4) is 0 Å². The molecule has 1 unspecified atom stereocenters.